The molecule has 0 fully saturated rings. The first-order valence-electron chi connectivity index (χ1n) is 6.39. The van der Waals surface area contributed by atoms with Crippen molar-refractivity contribution in [2.24, 2.45) is 0 Å². The number of carbonyl (C=O) groups excluding carboxylic acids is 1. The van der Waals surface area contributed by atoms with Gasteiger partial charge in [-0.1, -0.05) is 29.8 Å². The minimum absolute atomic E-state index is 0.121. The molecule has 0 aliphatic carbocycles. The van der Waals surface area contributed by atoms with Crippen LogP contribution < -0.4 is 5.32 Å². The number of carbonyl (C=O) groups is 1. The quantitative estimate of drug-likeness (QED) is 0.792. The Hall–Kier alpha value is -2.62. The van der Waals surface area contributed by atoms with Crippen LogP contribution in [0.1, 0.15) is 21.5 Å². The van der Waals surface area contributed by atoms with Crippen molar-refractivity contribution in [2.75, 3.05) is 0 Å². The number of hydrogen-bond donors (Lipinski definition) is 1. The van der Waals surface area contributed by atoms with Gasteiger partial charge >= 0.3 is 0 Å². The minimum atomic E-state index is -0.121. The molecule has 0 saturated heterocycles. The molecule has 4 nitrogen and oxygen atoms in total. The van der Waals surface area contributed by atoms with Crippen molar-refractivity contribution in [1.82, 2.24) is 10.3 Å². The summed E-state index contributed by atoms with van der Waals surface area (Å²) in [5.74, 6) is -0.121. The van der Waals surface area contributed by atoms with Gasteiger partial charge in [-0.3, -0.25) is 4.79 Å². The molecule has 0 aliphatic rings. The average Bonchev–Trinajstić information content (AvgIpc) is 2.93. The molecule has 0 spiro atoms. The van der Waals surface area contributed by atoms with E-state index < -0.39 is 0 Å². The molecule has 0 unspecified atom stereocenters. The Balaban J connectivity index is 1.70. The van der Waals surface area contributed by atoms with Crippen LogP contribution in [0.3, 0.4) is 0 Å². The summed E-state index contributed by atoms with van der Waals surface area (Å²) in [6, 6.07) is 13.3. The third-order valence-electron chi connectivity index (χ3n) is 3.17. The number of aromatic nitrogens is 1. The van der Waals surface area contributed by atoms with Crippen LogP contribution in [0.2, 0.25) is 0 Å². The summed E-state index contributed by atoms with van der Waals surface area (Å²) >= 11 is 0. The molecule has 4 heteroatoms. The number of nitrogens with one attached hydrogen (secondary N) is 1. The molecule has 1 N–H and O–H groups in total. The predicted molar refractivity (Wildman–Crippen MR) is 76.4 cm³/mol. The van der Waals surface area contributed by atoms with Gasteiger partial charge in [0, 0.05) is 12.1 Å². The highest BCUT2D eigenvalue weighted by atomic mass is 16.3. The zero-order valence-electron chi connectivity index (χ0n) is 11.1. The monoisotopic (exact) mass is 266 g/mol. The minimum Gasteiger partial charge on any atom is -0.443 e. The second kappa shape index (κ2) is 5.17. The van der Waals surface area contributed by atoms with E-state index in [0.717, 1.165) is 11.1 Å². The zero-order valence-corrected chi connectivity index (χ0v) is 11.1. The van der Waals surface area contributed by atoms with Crippen molar-refractivity contribution in [2.45, 2.75) is 13.5 Å². The number of aryl methyl sites for hydroxylation is 1. The molecular formula is C16H14N2O2. The van der Waals surface area contributed by atoms with Crippen LogP contribution in [0.4, 0.5) is 0 Å². The van der Waals surface area contributed by atoms with E-state index in [4.69, 9.17) is 4.42 Å². The third-order valence-corrected chi connectivity index (χ3v) is 3.17. The first-order chi connectivity index (χ1) is 9.72. The lowest BCUT2D eigenvalue weighted by Crippen LogP contribution is -2.22. The van der Waals surface area contributed by atoms with Crippen molar-refractivity contribution in [3.8, 4) is 0 Å². The Morgan fingerprint density at radius 1 is 1.20 bits per heavy atom. The van der Waals surface area contributed by atoms with Crippen LogP contribution in [0, 0.1) is 6.92 Å². The zero-order chi connectivity index (χ0) is 13.9. The van der Waals surface area contributed by atoms with E-state index in [2.05, 4.69) is 10.3 Å². The van der Waals surface area contributed by atoms with Crippen LogP contribution in [0.25, 0.3) is 11.1 Å². The molecule has 0 atom stereocenters. The van der Waals surface area contributed by atoms with Gasteiger partial charge in [0.1, 0.15) is 5.52 Å². The van der Waals surface area contributed by atoms with Gasteiger partial charge < -0.3 is 9.73 Å². The van der Waals surface area contributed by atoms with Crippen LogP contribution in [0.15, 0.2) is 53.3 Å². The van der Waals surface area contributed by atoms with E-state index in [1.807, 2.05) is 31.2 Å². The number of fused-ring (bicyclic) bond motifs is 1. The summed E-state index contributed by atoms with van der Waals surface area (Å²) < 4.78 is 5.19. The van der Waals surface area contributed by atoms with E-state index in [9.17, 15) is 4.79 Å². The van der Waals surface area contributed by atoms with Crippen molar-refractivity contribution >= 4 is 17.0 Å². The Morgan fingerprint density at radius 2 is 2.00 bits per heavy atom. The van der Waals surface area contributed by atoms with Gasteiger partial charge in [-0.15, -0.1) is 0 Å². The second-order valence-electron chi connectivity index (χ2n) is 4.70. The smallest absolute Gasteiger partial charge is 0.251 e. The average molecular weight is 266 g/mol. The maximum absolute atomic E-state index is 12.1. The van der Waals surface area contributed by atoms with Gasteiger partial charge in [0.25, 0.3) is 5.91 Å². The Labute approximate surface area is 116 Å². The summed E-state index contributed by atoms with van der Waals surface area (Å²) in [6.07, 6.45) is 1.37. The summed E-state index contributed by atoms with van der Waals surface area (Å²) in [7, 11) is 0. The Kier molecular flexibility index (Phi) is 3.21. The van der Waals surface area contributed by atoms with Crippen LogP contribution >= 0.6 is 0 Å². The second-order valence-corrected chi connectivity index (χ2v) is 4.70. The van der Waals surface area contributed by atoms with Gasteiger partial charge in [-0.2, -0.15) is 0 Å². The molecule has 3 rings (SSSR count). The number of benzene rings is 2. The molecule has 1 amide bonds. The highest BCUT2D eigenvalue weighted by Crippen LogP contribution is 2.14. The van der Waals surface area contributed by atoms with Crippen LogP contribution in [-0.4, -0.2) is 10.9 Å². The lowest BCUT2D eigenvalue weighted by molar-refractivity contribution is 0.0951. The first kappa shape index (κ1) is 12.4. The SMILES string of the molecule is Cc1ccc(CNC(=O)c2ccc3ncoc3c2)cc1. The molecule has 0 bridgehead atoms. The fraction of sp³-hybridized carbons (Fsp3) is 0.125. The molecule has 100 valence electrons. The van der Waals surface area contributed by atoms with Crippen LogP contribution in [0.5, 0.6) is 0 Å². The van der Waals surface area contributed by atoms with Crippen molar-refractivity contribution in [3.05, 3.63) is 65.5 Å². The standard InChI is InChI=1S/C16H14N2O2/c1-11-2-4-12(5-3-11)9-17-16(19)13-6-7-14-15(8-13)20-10-18-14/h2-8,10H,9H2,1H3,(H,17,19). The van der Waals surface area contributed by atoms with Gasteiger partial charge in [-0.25, -0.2) is 4.98 Å². The summed E-state index contributed by atoms with van der Waals surface area (Å²) in [5, 5.41) is 2.89. The van der Waals surface area contributed by atoms with E-state index in [0.29, 0.717) is 17.7 Å². The molecule has 20 heavy (non-hydrogen) atoms. The third kappa shape index (κ3) is 2.54. The molecule has 3 aromatic rings. The molecule has 1 heterocycles. The normalized spacial score (nSPS) is 10.7. The fourth-order valence-electron chi connectivity index (χ4n) is 1.99. The van der Waals surface area contributed by atoms with Crippen LogP contribution in [-0.2, 0) is 6.54 Å². The predicted octanol–water partition coefficient (Wildman–Crippen LogP) is 3.07. The number of oxazole rings is 1. The van der Waals surface area contributed by atoms with E-state index in [-0.39, 0.29) is 5.91 Å². The highest BCUT2D eigenvalue weighted by Gasteiger charge is 2.08. The summed E-state index contributed by atoms with van der Waals surface area (Å²) in [5.41, 5.74) is 4.22. The van der Waals surface area contributed by atoms with Crippen molar-refractivity contribution in [1.29, 1.82) is 0 Å². The first-order valence-corrected chi connectivity index (χ1v) is 6.39. The number of hydrogen-bond acceptors (Lipinski definition) is 3. The lowest BCUT2D eigenvalue weighted by Gasteiger charge is -2.05. The topological polar surface area (TPSA) is 55.1 Å². The molecule has 0 aliphatic heterocycles. The van der Waals surface area contributed by atoms with Gasteiger partial charge in [-0.05, 0) is 30.7 Å². The Bertz CT molecular complexity index is 745. The van der Waals surface area contributed by atoms with Gasteiger partial charge in [0.05, 0.1) is 0 Å². The van der Waals surface area contributed by atoms with Crippen molar-refractivity contribution < 1.29 is 9.21 Å². The Morgan fingerprint density at radius 3 is 2.80 bits per heavy atom. The number of nitrogens with zero attached hydrogens (tertiary/aromatic N) is 1. The largest absolute Gasteiger partial charge is 0.443 e. The van der Waals surface area contributed by atoms with E-state index >= 15 is 0 Å². The van der Waals surface area contributed by atoms with Gasteiger partial charge in [0.15, 0.2) is 12.0 Å². The molecule has 0 radical (unpaired) electrons. The maximum atomic E-state index is 12.1. The summed E-state index contributed by atoms with van der Waals surface area (Å²) in [4.78, 5) is 16.1. The van der Waals surface area contributed by atoms with E-state index in [1.165, 1.54) is 12.0 Å². The molecule has 2 aromatic carbocycles. The number of rotatable bonds is 3. The lowest BCUT2D eigenvalue weighted by atomic mass is 10.1. The summed E-state index contributed by atoms with van der Waals surface area (Å²) in [6.45, 7) is 2.54. The van der Waals surface area contributed by atoms with Crippen molar-refractivity contribution in [3.63, 3.8) is 0 Å². The highest BCUT2D eigenvalue weighted by molar-refractivity contribution is 5.96. The van der Waals surface area contributed by atoms with E-state index in [1.54, 1.807) is 18.2 Å². The number of amides is 1. The van der Waals surface area contributed by atoms with Gasteiger partial charge in [0.2, 0.25) is 0 Å². The fourth-order valence-corrected chi connectivity index (χ4v) is 1.99. The maximum Gasteiger partial charge on any atom is 0.251 e. The molecule has 1 aromatic heterocycles. The molecule has 0 saturated carbocycles. The molecular weight excluding hydrogens is 252 g/mol.